The van der Waals surface area contributed by atoms with Crippen molar-refractivity contribution in [2.75, 3.05) is 22.9 Å². The Morgan fingerprint density at radius 2 is 0.726 bits per heavy atom. The summed E-state index contributed by atoms with van der Waals surface area (Å²) in [5.41, 5.74) is 25.5. The lowest BCUT2D eigenvalue weighted by molar-refractivity contribution is 0.467. The summed E-state index contributed by atoms with van der Waals surface area (Å²) in [6.07, 6.45) is 20.4. The molecule has 4 heterocycles. The van der Waals surface area contributed by atoms with Crippen LogP contribution in [0, 0.1) is 274 Å². The van der Waals surface area contributed by atoms with Gasteiger partial charge in [-0.15, -0.1) is 31.0 Å². The molecule has 0 spiro atoms. The van der Waals surface area contributed by atoms with Crippen molar-refractivity contribution < 1.29 is 17.9 Å². The van der Waals surface area contributed by atoms with Gasteiger partial charge < -0.3 is 32.4 Å². The summed E-state index contributed by atoms with van der Waals surface area (Å²) in [7, 11) is -3.95. The van der Waals surface area contributed by atoms with Crippen LogP contribution in [0.25, 0.3) is 0 Å². The van der Waals surface area contributed by atoms with Gasteiger partial charge in [-0.3, -0.25) is 0 Å². The molecule has 0 saturated carbocycles. The average Bonchev–Trinajstić information content (AvgIpc) is 0.900. The molecule has 4 aromatic heterocycles. The number of nitrogens with zero attached hydrogens (tertiary/aromatic N) is 6. The van der Waals surface area contributed by atoms with Crippen LogP contribution in [0.3, 0.4) is 0 Å². The molecule has 0 radical (unpaired) electrons. The quantitative estimate of drug-likeness (QED) is 0.0818. The molecular formula is C78H43N11O4S2. The predicted octanol–water partition coefficient (Wildman–Crippen LogP) is 5.80. The normalized spacial score (nSPS) is 7.55. The van der Waals surface area contributed by atoms with E-state index < -0.39 is 10.0 Å². The van der Waals surface area contributed by atoms with Gasteiger partial charge in [-0.2, -0.15) is 9.97 Å². The van der Waals surface area contributed by atoms with Crippen molar-refractivity contribution in [3.63, 3.8) is 0 Å². The van der Waals surface area contributed by atoms with Gasteiger partial charge in [0, 0.05) is 172 Å². The maximum Gasteiger partial charge on any atom is 0.255 e. The fraction of sp³-hybridized carbons (Fsp3) is 0.103. The van der Waals surface area contributed by atoms with E-state index in [9.17, 15) is 8.42 Å². The minimum absolute atomic E-state index is 0.00823. The highest BCUT2D eigenvalue weighted by Gasteiger charge is 2.18. The minimum atomic E-state index is -3.95. The monoisotopic (exact) mass is 1260 g/mol. The fourth-order valence-corrected chi connectivity index (χ4v) is 6.62. The van der Waals surface area contributed by atoms with Crippen LogP contribution in [0.15, 0.2) is 77.3 Å². The number of primary sulfonamides is 1. The van der Waals surface area contributed by atoms with Crippen molar-refractivity contribution >= 4 is 45.3 Å². The second kappa shape index (κ2) is 47.7. The highest BCUT2D eigenvalue weighted by molar-refractivity contribution is 7.98. The molecule has 0 saturated heterocycles. The van der Waals surface area contributed by atoms with E-state index in [1.165, 1.54) is 30.2 Å². The molecular weight excluding hydrogens is 1220 g/mol. The zero-order chi connectivity index (χ0) is 69.4. The van der Waals surface area contributed by atoms with E-state index in [1.54, 1.807) is 18.7 Å². The first-order valence-electron chi connectivity index (χ1n) is 26.1. The Labute approximate surface area is 560 Å². The highest BCUT2D eigenvalue weighted by Crippen LogP contribution is 2.36. The van der Waals surface area contributed by atoms with Crippen molar-refractivity contribution in [3.05, 3.63) is 83.9 Å². The van der Waals surface area contributed by atoms with Crippen LogP contribution in [0.5, 0.6) is 23.0 Å². The van der Waals surface area contributed by atoms with Crippen molar-refractivity contribution in [2.24, 2.45) is 5.14 Å². The van der Waals surface area contributed by atoms with Crippen LogP contribution in [0.4, 0.5) is 23.5 Å². The number of pyridine rings is 2. The molecule has 446 valence electrons. The smallest absolute Gasteiger partial charge is 0.255 e. The van der Waals surface area contributed by atoms with Gasteiger partial charge in [0.15, 0.2) is 28.2 Å². The van der Waals surface area contributed by atoms with Crippen LogP contribution in [-0.4, -0.2) is 38.3 Å². The molecule has 0 fully saturated rings. The first-order valence-corrected chi connectivity index (χ1v) is 28.7. The summed E-state index contributed by atoms with van der Waals surface area (Å²) in [5, 5.41) is 5.66. The topological polar surface area (TPSA) is 260 Å². The third-order valence-corrected chi connectivity index (χ3v) is 11.0. The number of hydrogen-bond acceptors (Lipinski definition) is 15. The van der Waals surface area contributed by atoms with Crippen LogP contribution in [0.2, 0.25) is 0 Å². The lowest BCUT2D eigenvalue weighted by Crippen LogP contribution is -2.14. The molecule has 0 atom stereocenters. The van der Waals surface area contributed by atoms with E-state index >= 15 is 0 Å². The van der Waals surface area contributed by atoms with Crippen LogP contribution in [-0.2, 0) is 15.8 Å². The van der Waals surface area contributed by atoms with Crippen LogP contribution < -0.4 is 37.5 Å². The summed E-state index contributed by atoms with van der Waals surface area (Å²) in [5.74, 6) is 108. The number of nitrogens with two attached hydrogens (primary N) is 5. The molecule has 1 aromatic carbocycles. The lowest BCUT2D eigenvalue weighted by Gasteiger charge is -2.15. The molecule has 5 aromatic rings. The molecule has 15 nitrogen and oxygen atoms in total. The lowest BCUT2D eigenvalue weighted by atomic mass is 10.1. The van der Waals surface area contributed by atoms with Gasteiger partial charge >= 0.3 is 0 Å². The Balaban J connectivity index is 0.000000486. The number of aromatic nitrogens is 6. The van der Waals surface area contributed by atoms with Gasteiger partial charge in [0.1, 0.15) is 11.5 Å². The Morgan fingerprint density at radius 3 is 1.03 bits per heavy atom. The second-order valence-electron chi connectivity index (χ2n) is 16.5. The molecule has 0 bridgehead atoms. The molecule has 0 unspecified atom stereocenters. The maximum atomic E-state index is 11.4. The fourth-order valence-electron chi connectivity index (χ4n) is 5.32. The standard InChI is InChI=1S/C41H4.C19H21N5OS.C12H16N6O3S.C6H2/c1-3-5-7-9-11-13-15-17-19-21-23-25-27-29-31-33-35-37-39-41-40-38-36-34-32-30-28-26-24-22-20-18-16-14-12-10-8-6-4-2;1-12(2)14-9-22-17(26-11-13-6-4-3-5-7-13)8-15(14)25-16-10-23-19(21)24-18(16)20;1-6(2)7-4-16-10(22(15,19)20)3-8(7)21-9-5-17-12(14)18-11(9)13;1-3-5-6-4-2/h1H,2H3;3-10,12H,11H2,1-2H3,(H4,20,21,23,24);3-6H,1-2H3,(H2,15,19,20)(H4,13,14,17,18);1-2H. The van der Waals surface area contributed by atoms with Gasteiger partial charge in [0.2, 0.25) is 11.9 Å². The molecule has 0 aliphatic heterocycles. The van der Waals surface area contributed by atoms with Crippen molar-refractivity contribution in [1.82, 2.24) is 29.9 Å². The third-order valence-electron chi connectivity index (χ3n) is 9.20. The number of ether oxygens (including phenoxy) is 2. The maximum absolute atomic E-state index is 11.4. The van der Waals surface area contributed by atoms with Gasteiger partial charge in [0.25, 0.3) is 10.0 Å². The molecule has 10 N–H and O–H groups in total. The summed E-state index contributed by atoms with van der Waals surface area (Å²) in [4.78, 5) is 23.8. The Morgan fingerprint density at radius 1 is 0.421 bits per heavy atom. The van der Waals surface area contributed by atoms with Crippen LogP contribution >= 0.6 is 11.8 Å². The molecule has 17 heteroatoms. The van der Waals surface area contributed by atoms with E-state index in [2.05, 4.69) is 310 Å². The largest absolute Gasteiger partial charge is 0.451 e. The van der Waals surface area contributed by atoms with E-state index in [1.807, 2.05) is 44.3 Å². The summed E-state index contributed by atoms with van der Waals surface area (Å²) in [6, 6.07) is 13.4. The number of benzene rings is 1. The zero-order valence-electron chi connectivity index (χ0n) is 51.0. The van der Waals surface area contributed by atoms with Gasteiger partial charge in [-0.05, 0) is 143 Å². The van der Waals surface area contributed by atoms with E-state index in [0.717, 1.165) is 16.3 Å². The van der Waals surface area contributed by atoms with Crippen molar-refractivity contribution in [1.29, 1.82) is 0 Å². The summed E-state index contributed by atoms with van der Waals surface area (Å²) < 4.78 is 34.5. The third kappa shape index (κ3) is 36.4. The number of terminal acetylenes is 3. The summed E-state index contributed by atoms with van der Waals surface area (Å²) >= 11 is 1.65. The number of nitrogen functional groups attached to an aromatic ring is 4. The summed E-state index contributed by atoms with van der Waals surface area (Å²) in [6.45, 7) is 9.67. The van der Waals surface area contributed by atoms with Crippen molar-refractivity contribution in [3.8, 4) is 297 Å². The number of rotatable bonds is 10. The van der Waals surface area contributed by atoms with Crippen LogP contribution in [0.1, 0.15) is 63.1 Å². The molecule has 0 amide bonds. The average molecular weight is 1260 g/mol. The Bertz CT molecular complexity index is 5360. The van der Waals surface area contributed by atoms with Gasteiger partial charge in [0.05, 0.1) is 17.4 Å². The highest BCUT2D eigenvalue weighted by atomic mass is 32.2. The number of thioether (sulfide) groups is 1. The first kappa shape index (κ1) is 75.7. The van der Waals surface area contributed by atoms with E-state index in [0.29, 0.717) is 17.1 Å². The van der Waals surface area contributed by atoms with Gasteiger partial charge in [-0.25, -0.2) is 33.5 Å². The van der Waals surface area contributed by atoms with Gasteiger partial charge in [-0.1, -0.05) is 63.9 Å². The second-order valence-corrected chi connectivity index (χ2v) is 19.0. The Kier molecular flexibility index (Phi) is 38.0. The van der Waals surface area contributed by atoms with E-state index in [-0.39, 0.29) is 51.9 Å². The number of anilines is 4. The minimum Gasteiger partial charge on any atom is -0.451 e. The van der Waals surface area contributed by atoms with E-state index in [4.69, 9.17) is 56.8 Å². The molecule has 0 aliphatic rings. The molecule has 0 aliphatic carbocycles. The SMILES string of the molecule is C#CC#CC#C.C#CC#CC#CC#CC#CC#CC#CC#CC#CC#CC#CC#CC#CC#CC#CC#CC#CC#CC#CC#CC.CC(C)c1cnc(S(N)(=O)=O)cc1Oc1cnc(N)nc1N.CC(C)c1cnc(SCc2ccccc2)cc1Oc1cnc(N)nc1N. The number of sulfonamides is 1. The van der Waals surface area contributed by atoms with Crippen molar-refractivity contribution in [2.45, 2.75) is 62.3 Å². The molecule has 95 heavy (non-hydrogen) atoms. The number of hydrogen-bond donors (Lipinski definition) is 5. The predicted molar refractivity (Wildman–Crippen MR) is 374 cm³/mol. The first-order chi connectivity index (χ1) is 46.0. The Hall–Kier alpha value is -15.4. The molecule has 5 rings (SSSR count). The zero-order valence-corrected chi connectivity index (χ0v) is 52.6.